The molecule has 0 spiro atoms. The number of carbonyl (C=O) groups excluding carboxylic acids is 2. The number of hydrogen-bond donors (Lipinski definition) is 1. The molecule has 0 radical (unpaired) electrons. The van der Waals surface area contributed by atoms with Crippen LogP contribution in [0.3, 0.4) is 0 Å². The zero-order valence-corrected chi connectivity index (χ0v) is 17.1. The number of rotatable bonds is 7. The Morgan fingerprint density at radius 2 is 1.79 bits per heavy atom. The van der Waals surface area contributed by atoms with E-state index in [4.69, 9.17) is 4.74 Å². The van der Waals surface area contributed by atoms with Crippen LogP contribution in [0.25, 0.3) is 0 Å². The Bertz CT molecular complexity index is 647. The summed E-state index contributed by atoms with van der Waals surface area (Å²) in [5.74, 6) is 0.220. The van der Waals surface area contributed by atoms with E-state index in [0.29, 0.717) is 25.7 Å². The Morgan fingerprint density at radius 3 is 2.50 bits per heavy atom. The molecule has 5 heteroatoms. The quantitative estimate of drug-likeness (QED) is 0.727. The number of carbonyl (C=O) groups is 2. The summed E-state index contributed by atoms with van der Waals surface area (Å²) in [6.45, 7) is 4.67. The van der Waals surface area contributed by atoms with Crippen molar-refractivity contribution in [3.8, 4) is 0 Å². The van der Waals surface area contributed by atoms with Gasteiger partial charge in [-0.3, -0.25) is 9.59 Å². The first-order chi connectivity index (χ1) is 13.6. The molecule has 0 unspecified atom stereocenters. The summed E-state index contributed by atoms with van der Waals surface area (Å²) in [7, 11) is 0. The fraction of sp³-hybridized carbons (Fsp3) is 0.652. The summed E-state index contributed by atoms with van der Waals surface area (Å²) >= 11 is 0. The Balaban J connectivity index is 1.32. The van der Waals surface area contributed by atoms with Crippen LogP contribution in [-0.2, 0) is 9.53 Å². The number of nitrogens with zero attached hydrogens (tertiary/aromatic N) is 1. The van der Waals surface area contributed by atoms with Crippen molar-refractivity contribution in [1.82, 2.24) is 10.2 Å². The number of hydrogen-bond acceptors (Lipinski definition) is 3. The molecule has 1 aliphatic carbocycles. The van der Waals surface area contributed by atoms with Gasteiger partial charge in [-0.15, -0.1) is 0 Å². The summed E-state index contributed by atoms with van der Waals surface area (Å²) in [6.07, 6.45) is 9.05. The Hall–Kier alpha value is -1.88. The number of aryl methyl sites for hydroxylation is 1. The molecule has 5 nitrogen and oxygen atoms in total. The number of ether oxygens (including phenoxy) is 1. The number of piperidine rings is 1. The standard InChI is InChI=1S/C23H34N2O3/c1-18-8-5-6-11-21(18)23(27)25-15-12-19(13-16-25)22(26)24-14-7-17-28-20-9-3-2-4-10-20/h5-6,8,11,19-20H,2-4,7,9-10,12-17H2,1H3,(H,24,26). The smallest absolute Gasteiger partial charge is 0.254 e. The second-order valence-electron chi connectivity index (χ2n) is 8.16. The van der Waals surface area contributed by atoms with E-state index in [1.807, 2.05) is 36.1 Å². The van der Waals surface area contributed by atoms with Crippen molar-refractivity contribution in [2.45, 2.75) is 64.4 Å². The summed E-state index contributed by atoms with van der Waals surface area (Å²) in [5, 5.41) is 3.05. The van der Waals surface area contributed by atoms with Gasteiger partial charge in [0.2, 0.25) is 5.91 Å². The molecule has 0 bridgehead atoms. The van der Waals surface area contributed by atoms with E-state index in [1.165, 1.54) is 32.1 Å². The average molecular weight is 387 g/mol. The fourth-order valence-corrected chi connectivity index (χ4v) is 4.24. The molecule has 1 aromatic carbocycles. The summed E-state index contributed by atoms with van der Waals surface area (Å²) in [4.78, 5) is 27.0. The zero-order valence-electron chi connectivity index (χ0n) is 17.1. The van der Waals surface area contributed by atoms with Gasteiger partial charge in [0.1, 0.15) is 0 Å². The van der Waals surface area contributed by atoms with Crippen molar-refractivity contribution in [2.24, 2.45) is 5.92 Å². The van der Waals surface area contributed by atoms with Gasteiger partial charge < -0.3 is 15.0 Å². The molecule has 1 aromatic rings. The highest BCUT2D eigenvalue weighted by Crippen LogP contribution is 2.21. The minimum Gasteiger partial charge on any atom is -0.378 e. The van der Waals surface area contributed by atoms with Crippen molar-refractivity contribution >= 4 is 11.8 Å². The molecule has 2 fully saturated rings. The normalized spacial score (nSPS) is 18.8. The van der Waals surface area contributed by atoms with Gasteiger partial charge in [-0.05, 0) is 50.7 Å². The van der Waals surface area contributed by atoms with Crippen LogP contribution < -0.4 is 5.32 Å². The topological polar surface area (TPSA) is 58.6 Å². The molecular weight excluding hydrogens is 352 g/mol. The van der Waals surface area contributed by atoms with Crippen molar-refractivity contribution in [3.05, 3.63) is 35.4 Å². The first-order valence-corrected chi connectivity index (χ1v) is 10.9. The van der Waals surface area contributed by atoms with Crippen LogP contribution in [0.4, 0.5) is 0 Å². The molecule has 1 saturated carbocycles. The van der Waals surface area contributed by atoms with Gasteiger partial charge in [0.15, 0.2) is 0 Å². The lowest BCUT2D eigenvalue weighted by atomic mass is 9.95. The van der Waals surface area contributed by atoms with E-state index >= 15 is 0 Å². The van der Waals surface area contributed by atoms with Gasteiger partial charge in [-0.1, -0.05) is 37.5 Å². The van der Waals surface area contributed by atoms with Crippen molar-refractivity contribution in [1.29, 1.82) is 0 Å². The van der Waals surface area contributed by atoms with Crippen LogP contribution in [0.15, 0.2) is 24.3 Å². The molecule has 0 atom stereocenters. The molecule has 1 saturated heterocycles. The van der Waals surface area contributed by atoms with Gasteiger partial charge in [0.05, 0.1) is 6.10 Å². The molecular formula is C23H34N2O3. The molecule has 2 aliphatic rings. The number of nitrogens with one attached hydrogen (secondary N) is 1. The summed E-state index contributed by atoms with van der Waals surface area (Å²) in [5.41, 5.74) is 1.77. The zero-order chi connectivity index (χ0) is 19.8. The lowest BCUT2D eigenvalue weighted by Gasteiger charge is -2.31. The van der Waals surface area contributed by atoms with Crippen LogP contribution in [0.1, 0.15) is 67.3 Å². The highest BCUT2D eigenvalue weighted by atomic mass is 16.5. The predicted octanol–water partition coefficient (Wildman–Crippen LogP) is 3.70. The number of likely N-dealkylation sites (tertiary alicyclic amines) is 1. The van der Waals surface area contributed by atoms with Gasteiger partial charge in [0.25, 0.3) is 5.91 Å². The molecule has 0 aromatic heterocycles. The molecule has 1 aliphatic heterocycles. The lowest BCUT2D eigenvalue weighted by molar-refractivity contribution is -0.126. The molecule has 28 heavy (non-hydrogen) atoms. The van der Waals surface area contributed by atoms with Crippen LogP contribution in [0.2, 0.25) is 0 Å². The third-order valence-electron chi connectivity index (χ3n) is 6.05. The van der Waals surface area contributed by atoms with E-state index in [1.54, 1.807) is 0 Å². The second kappa shape index (κ2) is 10.6. The van der Waals surface area contributed by atoms with Crippen LogP contribution in [0.5, 0.6) is 0 Å². The first-order valence-electron chi connectivity index (χ1n) is 10.9. The van der Waals surface area contributed by atoms with Gasteiger partial charge in [0, 0.05) is 37.7 Å². The molecule has 2 amide bonds. The highest BCUT2D eigenvalue weighted by molar-refractivity contribution is 5.95. The van der Waals surface area contributed by atoms with Crippen molar-refractivity contribution < 1.29 is 14.3 Å². The molecule has 1 N–H and O–H groups in total. The van der Waals surface area contributed by atoms with Crippen molar-refractivity contribution in [2.75, 3.05) is 26.2 Å². The monoisotopic (exact) mass is 386 g/mol. The Labute approximate surface area is 168 Å². The Kier molecular flexibility index (Phi) is 7.90. The number of amides is 2. The molecule has 154 valence electrons. The maximum atomic E-state index is 12.7. The van der Waals surface area contributed by atoms with Crippen LogP contribution >= 0.6 is 0 Å². The first kappa shape index (κ1) is 20.8. The summed E-state index contributed by atoms with van der Waals surface area (Å²) < 4.78 is 5.91. The van der Waals surface area contributed by atoms with Crippen molar-refractivity contribution in [3.63, 3.8) is 0 Å². The van der Waals surface area contributed by atoms with Crippen LogP contribution in [0, 0.1) is 12.8 Å². The second-order valence-corrected chi connectivity index (χ2v) is 8.16. The van der Waals surface area contributed by atoms with E-state index in [2.05, 4.69) is 5.32 Å². The third kappa shape index (κ3) is 5.81. The van der Waals surface area contributed by atoms with E-state index in [-0.39, 0.29) is 17.7 Å². The fourth-order valence-electron chi connectivity index (χ4n) is 4.24. The van der Waals surface area contributed by atoms with Gasteiger partial charge >= 0.3 is 0 Å². The predicted molar refractivity (Wildman–Crippen MR) is 110 cm³/mol. The third-order valence-corrected chi connectivity index (χ3v) is 6.05. The minimum absolute atomic E-state index is 0.0141. The average Bonchev–Trinajstić information content (AvgIpc) is 2.74. The maximum Gasteiger partial charge on any atom is 0.254 e. The molecule has 3 rings (SSSR count). The van der Waals surface area contributed by atoms with Crippen LogP contribution in [-0.4, -0.2) is 49.1 Å². The minimum atomic E-state index is 0.0141. The molecule has 1 heterocycles. The highest BCUT2D eigenvalue weighted by Gasteiger charge is 2.28. The van der Waals surface area contributed by atoms with E-state index < -0.39 is 0 Å². The van der Waals surface area contributed by atoms with E-state index in [0.717, 1.165) is 37.0 Å². The largest absolute Gasteiger partial charge is 0.378 e. The maximum absolute atomic E-state index is 12.7. The Morgan fingerprint density at radius 1 is 1.07 bits per heavy atom. The number of benzene rings is 1. The van der Waals surface area contributed by atoms with Gasteiger partial charge in [-0.2, -0.15) is 0 Å². The summed E-state index contributed by atoms with van der Waals surface area (Å²) in [6, 6.07) is 7.69. The SMILES string of the molecule is Cc1ccccc1C(=O)N1CCC(C(=O)NCCCOC2CCCCC2)CC1. The van der Waals surface area contributed by atoms with Gasteiger partial charge in [-0.25, -0.2) is 0 Å². The lowest BCUT2D eigenvalue weighted by Crippen LogP contribution is -2.43. The van der Waals surface area contributed by atoms with E-state index in [9.17, 15) is 9.59 Å².